The van der Waals surface area contributed by atoms with Gasteiger partial charge in [0.15, 0.2) is 0 Å². The molecule has 1 amide bonds. The standard InChI is InChI=1S/C11H17NO5/c1-7-3-4-8(17-11(15)12-2)5-9(7)16-6-10(13)14/h8-9H,1,3-6H2,2H3,(H,12,15)(H,13,14). The molecule has 17 heavy (non-hydrogen) atoms. The first-order valence-corrected chi connectivity index (χ1v) is 5.42. The van der Waals surface area contributed by atoms with Crippen molar-refractivity contribution >= 4 is 12.1 Å². The largest absolute Gasteiger partial charge is 0.480 e. The van der Waals surface area contributed by atoms with Crippen LogP contribution in [0.3, 0.4) is 0 Å². The molecule has 0 saturated heterocycles. The van der Waals surface area contributed by atoms with Crippen LogP contribution in [0.5, 0.6) is 0 Å². The molecule has 0 heterocycles. The summed E-state index contributed by atoms with van der Waals surface area (Å²) in [7, 11) is 1.49. The van der Waals surface area contributed by atoms with Crippen LogP contribution in [0.25, 0.3) is 0 Å². The van der Waals surface area contributed by atoms with Crippen molar-refractivity contribution in [1.29, 1.82) is 0 Å². The van der Waals surface area contributed by atoms with E-state index in [2.05, 4.69) is 11.9 Å². The Hall–Kier alpha value is -1.56. The fourth-order valence-corrected chi connectivity index (χ4v) is 1.71. The third kappa shape index (κ3) is 4.44. The highest BCUT2D eigenvalue weighted by atomic mass is 16.6. The minimum Gasteiger partial charge on any atom is -0.480 e. The van der Waals surface area contributed by atoms with Gasteiger partial charge in [0.05, 0.1) is 6.10 Å². The van der Waals surface area contributed by atoms with E-state index in [0.29, 0.717) is 19.3 Å². The molecule has 0 spiro atoms. The van der Waals surface area contributed by atoms with Crippen LogP contribution >= 0.6 is 0 Å². The van der Waals surface area contributed by atoms with Gasteiger partial charge in [-0.3, -0.25) is 0 Å². The predicted octanol–water partition coefficient (Wildman–Crippen LogP) is 0.921. The molecule has 1 aliphatic rings. The molecule has 0 aromatic heterocycles. The molecule has 1 aliphatic carbocycles. The van der Waals surface area contributed by atoms with E-state index in [1.54, 1.807) is 0 Å². The Morgan fingerprint density at radius 3 is 2.88 bits per heavy atom. The van der Waals surface area contributed by atoms with E-state index in [1.807, 2.05) is 0 Å². The maximum absolute atomic E-state index is 11.0. The number of carbonyl (C=O) groups is 2. The molecule has 6 heteroatoms. The molecule has 2 atom stereocenters. The number of carboxylic acids is 1. The highest BCUT2D eigenvalue weighted by molar-refractivity contribution is 5.68. The molecule has 0 radical (unpaired) electrons. The van der Waals surface area contributed by atoms with E-state index < -0.39 is 12.1 Å². The van der Waals surface area contributed by atoms with Crippen LogP contribution in [0.4, 0.5) is 4.79 Å². The van der Waals surface area contributed by atoms with Crippen LogP contribution in [0.2, 0.25) is 0 Å². The second-order valence-electron chi connectivity index (χ2n) is 3.90. The Bertz CT molecular complexity index is 315. The number of hydrogen-bond acceptors (Lipinski definition) is 4. The molecule has 0 bridgehead atoms. The number of amides is 1. The molecule has 6 nitrogen and oxygen atoms in total. The summed E-state index contributed by atoms with van der Waals surface area (Å²) in [6, 6.07) is 0. The van der Waals surface area contributed by atoms with Gasteiger partial charge in [0.2, 0.25) is 0 Å². The lowest BCUT2D eigenvalue weighted by Crippen LogP contribution is -2.34. The van der Waals surface area contributed by atoms with Crippen molar-refractivity contribution in [1.82, 2.24) is 5.32 Å². The second kappa shape index (κ2) is 6.24. The van der Waals surface area contributed by atoms with Gasteiger partial charge in [-0.1, -0.05) is 6.58 Å². The van der Waals surface area contributed by atoms with Gasteiger partial charge in [-0.25, -0.2) is 9.59 Å². The van der Waals surface area contributed by atoms with Crippen LogP contribution in [-0.4, -0.2) is 43.0 Å². The number of nitrogens with one attached hydrogen (secondary N) is 1. The van der Waals surface area contributed by atoms with Gasteiger partial charge >= 0.3 is 12.1 Å². The Morgan fingerprint density at radius 1 is 1.59 bits per heavy atom. The molecule has 2 N–H and O–H groups in total. The van der Waals surface area contributed by atoms with Crippen LogP contribution in [0.15, 0.2) is 12.2 Å². The minimum absolute atomic E-state index is 0.251. The zero-order chi connectivity index (χ0) is 12.8. The second-order valence-corrected chi connectivity index (χ2v) is 3.90. The fraction of sp³-hybridized carbons (Fsp3) is 0.636. The third-order valence-electron chi connectivity index (χ3n) is 2.61. The number of carboxylic acid groups (broad SMARTS) is 1. The smallest absolute Gasteiger partial charge is 0.407 e. The summed E-state index contributed by atoms with van der Waals surface area (Å²) >= 11 is 0. The average Bonchev–Trinajstić information content (AvgIpc) is 2.29. The normalized spacial score (nSPS) is 24.2. The Kier molecular flexibility index (Phi) is 4.96. The monoisotopic (exact) mass is 243 g/mol. The van der Waals surface area contributed by atoms with Gasteiger partial charge < -0.3 is 19.9 Å². The Balaban J connectivity index is 2.44. The first-order valence-electron chi connectivity index (χ1n) is 5.42. The van der Waals surface area contributed by atoms with Crippen molar-refractivity contribution in [2.24, 2.45) is 0 Å². The summed E-state index contributed by atoms with van der Waals surface area (Å²) in [5, 5.41) is 10.9. The molecular formula is C11H17NO5. The summed E-state index contributed by atoms with van der Waals surface area (Å²) in [5.41, 5.74) is 0.850. The summed E-state index contributed by atoms with van der Waals surface area (Å²) < 4.78 is 10.3. The van der Waals surface area contributed by atoms with Crippen molar-refractivity contribution in [3.05, 3.63) is 12.2 Å². The van der Waals surface area contributed by atoms with Crippen LogP contribution in [0.1, 0.15) is 19.3 Å². The first-order chi connectivity index (χ1) is 8.02. The quantitative estimate of drug-likeness (QED) is 0.717. The highest BCUT2D eigenvalue weighted by Crippen LogP contribution is 2.27. The highest BCUT2D eigenvalue weighted by Gasteiger charge is 2.28. The molecule has 2 unspecified atom stereocenters. The number of aliphatic carboxylic acids is 1. The van der Waals surface area contributed by atoms with Gasteiger partial charge in [-0.15, -0.1) is 0 Å². The SMILES string of the molecule is C=C1CCC(OC(=O)NC)CC1OCC(=O)O. The van der Waals surface area contributed by atoms with Crippen LogP contribution in [0, 0.1) is 0 Å². The summed E-state index contributed by atoms with van der Waals surface area (Å²) in [4.78, 5) is 21.4. The van der Waals surface area contributed by atoms with Gasteiger partial charge in [0.25, 0.3) is 0 Å². The minimum atomic E-state index is -1.02. The fourth-order valence-electron chi connectivity index (χ4n) is 1.71. The molecular weight excluding hydrogens is 226 g/mol. The Labute approximate surface area is 99.6 Å². The number of rotatable bonds is 4. The zero-order valence-corrected chi connectivity index (χ0v) is 9.77. The number of carbonyl (C=O) groups excluding carboxylic acids is 1. The Morgan fingerprint density at radius 2 is 2.29 bits per heavy atom. The van der Waals surface area contributed by atoms with Gasteiger partial charge in [-0.2, -0.15) is 0 Å². The van der Waals surface area contributed by atoms with E-state index >= 15 is 0 Å². The average molecular weight is 243 g/mol. The molecule has 1 saturated carbocycles. The van der Waals surface area contributed by atoms with E-state index in [-0.39, 0.29) is 18.8 Å². The first kappa shape index (κ1) is 13.5. The van der Waals surface area contributed by atoms with Crippen LogP contribution in [-0.2, 0) is 14.3 Å². The van der Waals surface area contributed by atoms with Gasteiger partial charge in [-0.05, 0) is 18.4 Å². The lowest BCUT2D eigenvalue weighted by Gasteiger charge is -2.30. The van der Waals surface area contributed by atoms with E-state index in [0.717, 1.165) is 5.57 Å². The molecule has 0 aromatic rings. The molecule has 0 aliphatic heterocycles. The van der Waals surface area contributed by atoms with Crippen molar-refractivity contribution in [2.75, 3.05) is 13.7 Å². The maximum Gasteiger partial charge on any atom is 0.407 e. The topological polar surface area (TPSA) is 84.9 Å². The molecule has 1 rings (SSSR count). The summed E-state index contributed by atoms with van der Waals surface area (Å²) in [6.07, 6.45) is 0.734. The summed E-state index contributed by atoms with van der Waals surface area (Å²) in [5.74, 6) is -1.02. The molecule has 96 valence electrons. The van der Waals surface area contributed by atoms with E-state index in [1.165, 1.54) is 7.05 Å². The van der Waals surface area contributed by atoms with Crippen molar-refractivity contribution < 1.29 is 24.2 Å². The molecule has 0 aromatic carbocycles. The lowest BCUT2D eigenvalue weighted by molar-refractivity contribution is -0.144. The third-order valence-corrected chi connectivity index (χ3v) is 2.61. The lowest BCUT2D eigenvalue weighted by atomic mass is 9.91. The van der Waals surface area contributed by atoms with Gasteiger partial charge in [0, 0.05) is 13.5 Å². The molecule has 1 fully saturated rings. The van der Waals surface area contributed by atoms with Crippen molar-refractivity contribution in [2.45, 2.75) is 31.5 Å². The van der Waals surface area contributed by atoms with E-state index in [9.17, 15) is 9.59 Å². The van der Waals surface area contributed by atoms with Crippen molar-refractivity contribution in [3.8, 4) is 0 Å². The summed E-state index contributed by atoms with van der Waals surface area (Å²) in [6.45, 7) is 3.47. The van der Waals surface area contributed by atoms with Crippen LogP contribution < -0.4 is 5.32 Å². The number of hydrogen-bond donors (Lipinski definition) is 2. The van der Waals surface area contributed by atoms with Gasteiger partial charge in [0.1, 0.15) is 12.7 Å². The number of alkyl carbamates (subject to hydrolysis) is 1. The van der Waals surface area contributed by atoms with Crippen molar-refractivity contribution in [3.63, 3.8) is 0 Å². The zero-order valence-electron chi connectivity index (χ0n) is 9.77. The maximum atomic E-state index is 11.0. The number of ether oxygens (including phenoxy) is 2. The predicted molar refractivity (Wildman–Crippen MR) is 59.7 cm³/mol. The van der Waals surface area contributed by atoms with E-state index in [4.69, 9.17) is 14.6 Å².